The maximum Gasteiger partial charge on any atom is 0.408 e. The van der Waals surface area contributed by atoms with Crippen LogP contribution in [0, 0.1) is 12.3 Å². The Morgan fingerprint density at radius 1 is 1.50 bits per heavy atom. The molecule has 16 heavy (non-hydrogen) atoms. The number of amides is 1. The summed E-state index contributed by atoms with van der Waals surface area (Å²) in [5.41, 5.74) is -0.655. The fraction of sp³-hybridized carbons (Fsp3) is 0.600. The van der Waals surface area contributed by atoms with Crippen molar-refractivity contribution in [1.82, 2.24) is 5.32 Å². The van der Waals surface area contributed by atoms with Gasteiger partial charge in [-0.3, -0.25) is 0 Å². The lowest BCUT2D eigenvalue weighted by Gasteiger charge is -2.21. The van der Waals surface area contributed by atoms with Crippen LogP contribution >= 0.6 is 0 Å². The normalized spacial score (nSPS) is 12.2. The number of ether oxygens (including phenoxy) is 1. The first-order valence-corrected chi connectivity index (χ1v) is 4.63. The standard InChI is InChI=1S/C10H16N2O4/c1-5-6-7(8(13)16-11)12-9(14)15-10(2,3)4/h1,7H,6,11H2,2-4H3,(H,12,14)/t7-/m0/s1. The maximum absolute atomic E-state index is 11.3. The highest BCUT2D eigenvalue weighted by Gasteiger charge is 2.24. The van der Waals surface area contributed by atoms with Gasteiger partial charge in [-0.15, -0.1) is 12.3 Å². The number of hydrogen-bond acceptors (Lipinski definition) is 5. The van der Waals surface area contributed by atoms with Crippen LogP contribution in [0.5, 0.6) is 0 Å². The molecule has 0 aromatic carbocycles. The monoisotopic (exact) mass is 228 g/mol. The lowest BCUT2D eigenvalue weighted by atomic mass is 10.2. The second-order valence-electron chi connectivity index (χ2n) is 4.04. The first-order valence-electron chi connectivity index (χ1n) is 4.63. The number of hydrogen-bond donors (Lipinski definition) is 2. The second kappa shape index (κ2) is 5.98. The number of nitrogens with two attached hydrogens (primary N) is 1. The molecule has 0 bridgehead atoms. The van der Waals surface area contributed by atoms with Gasteiger partial charge >= 0.3 is 12.1 Å². The minimum Gasteiger partial charge on any atom is -0.444 e. The molecule has 0 fully saturated rings. The van der Waals surface area contributed by atoms with Crippen molar-refractivity contribution in [3.8, 4) is 12.3 Å². The van der Waals surface area contributed by atoms with Crippen LogP contribution in [-0.4, -0.2) is 23.7 Å². The second-order valence-corrected chi connectivity index (χ2v) is 4.04. The summed E-state index contributed by atoms with van der Waals surface area (Å²) in [6, 6.07) is -0.996. The Balaban J connectivity index is 4.36. The predicted molar refractivity (Wildman–Crippen MR) is 56.9 cm³/mol. The third-order valence-electron chi connectivity index (χ3n) is 1.41. The van der Waals surface area contributed by atoms with E-state index in [1.54, 1.807) is 20.8 Å². The van der Waals surface area contributed by atoms with Crippen LogP contribution in [0.4, 0.5) is 4.79 Å². The van der Waals surface area contributed by atoms with Gasteiger partial charge in [0.05, 0.1) is 0 Å². The molecule has 90 valence electrons. The maximum atomic E-state index is 11.3. The summed E-state index contributed by atoms with van der Waals surface area (Å²) < 4.78 is 4.94. The fourth-order valence-corrected chi connectivity index (χ4v) is 0.843. The van der Waals surface area contributed by atoms with Crippen molar-refractivity contribution in [2.45, 2.75) is 38.8 Å². The SMILES string of the molecule is C#CC[C@H](NC(=O)OC(C)(C)C)C(=O)ON. The molecule has 0 aliphatic rings. The molecule has 1 atom stereocenters. The van der Waals surface area contributed by atoms with Crippen molar-refractivity contribution >= 4 is 12.1 Å². The zero-order valence-electron chi connectivity index (χ0n) is 9.57. The van der Waals surface area contributed by atoms with Crippen LogP contribution in [0.15, 0.2) is 0 Å². The van der Waals surface area contributed by atoms with Crippen LogP contribution in [0.1, 0.15) is 27.2 Å². The minimum absolute atomic E-state index is 0.0186. The summed E-state index contributed by atoms with van der Waals surface area (Å²) >= 11 is 0. The van der Waals surface area contributed by atoms with Crippen LogP contribution in [0.3, 0.4) is 0 Å². The van der Waals surface area contributed by atoms with E-state index in [9.17, 15) is 9.59 Å². The van der Waals surface area contributed by atoms with Crippen LogP contribution in [0.2, 0.25) is 0 Å². The lowest BCUT2D eigenvalue weighted by Crippen LogP contribution is -2.44. The highest BCUT2D eigenvalue weighted by Crippen LogP contribution is 2.07. The van der Waals surface area contributed by atoms with Crippen molar-refractivity contribution in [3.05, 3.63) is 0 Å². The molecule has 3 N–H and O–H groups in total. The fourth-order valence-electron chi connectivity index (χ4n) is 0.843. The highest BCUT2D eigenvalue weighted by molar-refractivity contribution is 5.81. The summed E-state index contributed by atoms with van der Waals surface area (Å²) in [7, 11) is 0. The smallest absolute Gasteiger partial charge is 0.408 e. The summed E-state index contributed by atoms with van der Waals surface area (Å²) in [5.74, 6) is 6.10. The number of rotatable bonds is 3. The number of nitrogens with one attached hydrogen (secondary N) is 1. The van der Waals surface area contributed by atoms with E-state index in [1.807, 2.05) is 0 Å². The molecule has 0 saturated carbocycles. The molecule has 0 saturated heterocycles. The average Bonchev–Trinajstić information content (AvgIpc) is 2.13. The topological polar surface area (TPSA) is 90.6 Å². The van der Waals surface area contributed by atoms with E-state index in [-0.39, 0.29) is 6.42 Å². The number of terminal acetylenes is 1. The molecule has 0 aromatic rings. The van der Waals surface area contributed by atoms with Crippen molar-refractivity contribution < 1.29 is 19.2 Å². The molecule has 0 unspecified atom stereocenters. The summed E-state index contributed by atoms with van der Waals surface area (Å²) in [5, 5.41) is 2.27. The van der Waals surface area contributed by atoms with Gasteiger partial charge in [0, 0.05) is 6.42 Å². The Morgan fingerprint density at radius 2 is 2.06 bits per heavy atom. The Labute approximate surface area is 94.4 Å². The predicted octanol–water partition coefficient (Wildman–Crippen LogP) is 0.320. The third kappa shape index (κ3) is 5.88. The third-order valence-corrected chi connectivity index (χ3v) is 1.41. The van der Waals surface area contributed by atoms with Gasteiger partial charge in [0.15, 0.2) is 0 Å². The van der Waals surface area contributed by atoms with Crippen molar-refractivity contribution in [2.24, 2.45) is 5.90 Å². The Morgan fingerprint density at radius 3 is 2.44 bits per heavy atom. The number of alkyl carbamates (subject to hydrolysis) is 1. The Bertz CT molecular complexity index is 301. The zero-order chi connectivity index (χ0) is 12.8. The van der Waals surface area contributed by atoms with Gasteiger partial charge in [-0.2, -0.15) is 5.90 Å². The van der Waals surface area contributed by atoms with Crippen LogP contribution in [-0.2, 0) is 14.4 Å². The molecule has 6 nitrogen and oxygen atoms in total. The summed E-state index contributed by atoms with van der Waals surface area (Å²) in [6.45, 7) is 5.10. The van der Waals surface area contributed by atoms with Crippen LogP contribution < -0.4 is 11.2 Å². The Hall–Kier alpha value is -1.74. The van der Waals surface area contributed by atoms with Gasteiger partial charge in [0.25, 0.3) is 0 Å². The van der Waals surface area contributed by atoms with Crippen molar-refractivity contribution in [3.63, 3.8) is 0 Å². The summed E-state index contributed by atoms with van der Waals surface area (Å²) in [6.07, 6.45) is 4.26. The van der Waals surface area contributed by atoms with E-state index in [0.29, 0.717) is 0 Å². The van der Waals surface area contributed by atoms with Crippen LogP contribution in [0.25, 0.3) is 0 Å². The van der Waals surface area contributed by atoms with E-state index >= 15 is 0 Å². The van der Waals surface area contributed by atoms with Gasteiger partial charge in [-0.25, -0.2) is 9.59 Å². The van der Waals surface area contributed by atoms with E-state index in [0.717, 1.165) is 0 Å². The molecule has 6 heteroatoms. The van der Waals surface area contributed by atoms with E-state index in [1.165, 1.54) is 0 Å². The Kier molecular flexibility index (Phi) is 5.33. The van der Waals surface area contributed by atoms with Gasteiger partial charge in [-0.1, -0.05) is 0 Å². The molecular formula is C10H16N2O4. The van der Waals surface area contributed by atoms with Gasteiger partial charge in [0.1, 0.15) is 11.6 Å². The minimum atomic E-state index is -0.996. The van der Waals surface area contributed by atoms with Gasteiger partial charge in [0.2, 0.25) is 0 Å². The molecular weight excluding hydrogens is 212 g/mol. The zero-order valence-corrected chi connectivity index (χ0v) is 9.57. The molecule has 0 aromatic heterocycles. The molecule has 0 spiro atoms. The van der Waals surface area contributed by atoms with E-state index in [2.05, 4.69) is 16.1 Å². The molecule has 0 aliphatic heterocycles. The summed E-state index contributed by atoms with van der Waals surface area (Å²) in [4.78, 5) is 26.4. The largest absolute Gasteiger partial charge is 0.444 e. The molecule has 1 amide bonds. The van der Waals surface area contributed by atoms with E-state index < -0.39 is 23.7 Å². The molecule has 0 aliphatic carbocycles. The molecule has 0 radical (unpaired) electrons. The first kappa shape index (κ1) is 14.3. The molecule has 0 rings (SSSR count). The van der Waals surface area contributed by atoms with E-state index in [4.69, 9.17) is 17.1 Å². The highest BCUT2D eigenvalue weighted by atomic mass is 16.7. The molecule has 0 heterocycles. The van der Waals surface area contributed by atoms with Gasteiger partial charge < -0.3 is 14.9 Å². The number of carbonyl (C=O) groups is 2. The first-order chi connectivity index (χ1) is 7.30. The van der Waals surface area contributed by atoms with Gasteiger partial charge in [-0.05, 0) is 20.8 Å². The van der Waals surface area contributed by atoms with Crippen molar-refractivity contribution in [2.75, 3.05) is 0 Å². The quantitative estimate of drug-likeness (QED) is 0.536. The lowest BCUT2D eigenvalue weighted by molar-refractivity contribution is -0.146. The average molecular weight is 228 g/mol. The number of carbonyl (C=O) groups excluding carboxylic acids is 2. The van der Waals surface area contributed by atoms with Crippen molar-refractivity contribution in [1.29, 1.82) is 0 Å².